The standard InChI is InChI=1S/C22H29N5OS2/c1-3-5-16-14-6-4-7-15(14)17-18-19(30-21(17)24-16)20(26-22(25-18)29-2)23-8-9-27-10-12-28-13-11-27/h3-13H2,1-2H3,(H,23,25,26). The Hall–Kier alpha value is -1.48. The van der Waals surface area contributed by atoms with Gasteiger partial charge < -0.3 is 10.1 Å². The van der Waals surface area contributed by atoms with Gasteiger partial charge in [0.1, 0.15) is 10.6 Å². The van der Waals surface area contributed by atoms with E-state index >= 15 is 0 Å². The Morgan fingerprint density at radius 3 is 2.77 bits per heavy atom. The van der Waals surface area contributed by atoms with E-state index in [1.165, 1.54) is 28.6 Å². The van der Waals surface area contributed by atoms with Crippen molar-refractivity contribution in [3.8, 4) is 0 Å². The molecule has 0 radical (unpaired) electrons. The summed E-state index contributed by atoms with van der Waals surface area (Å²) < 4.78 is 6.61. The second-order valence-electron chi connectivity index (χ2n) is 8.02. The van der Waals surface area contributed by atoms with Gasteiger partial charge in [0.05, 0.1) is 23.4 Å². The maximum Gasteiger partial charge on any atom is 0.189 e. The van der Waals surface area contributed by atoms with Crippen LogP contribution in [0.3, 0.4) is 0 Å². The van der Waals surface area contributed by atoms with Gasteiger partial charge in [-0.3, -0.25) is 4.90 Å². The second kappa shape index (κ2) is 8.94. The third kappa shape index (κ3) is 3.79. The van der Waals surface area contributed by atoms with E-state index in [4.69, 9.17) is 19.7 Å². The monoisotopic (exact) mass is 443 g/mol. The number of thioether (sulfide) groups is 1. The van der Waals surface area contributed by atoms with Crippen molar-refractivity contribution in [1.82, 2.24) is 19.9 Å². The van der Waals surface area contributed by atoms with Crippen LogP contribution >= 0.6 is 23.1 Å². The van der Waals surface area contributed by atoms with Crippen molar-refractivity contribution in [2.45, 2.75) is 44.2 Å². The molecule has 30 heavy (non-hydrogen) atoms. The summed E-state index contributed by atoms with van der Waals surface area (Å²) in [6.07, 6.45) is 7.80. The third-order valence-electron chi connectivity index (χ3n) is 6.09. The molecule has 4 heterocycles. The van der Waals surface area contributed by atoms with E-state index in [0.717, 1.165) is 91.1 Å². The fraction of sp³-hybridized carbons (Fsp3) is 0.591. The van der Waals surface area contributed by atoms with Crippen LogP contribution in [-0.4, -0.2) is 65.5 Å². The van der Waals surface area contributed by atoms with Crippen LogP contribution in [0.4, 0.5) is 5.82 Å². The number of pyridine rings is 1. The number of nitrogens with zero attached hydrogens (tertiary/aromatic N) is 4. The molecule has 1 fully saturated rings. The van der Waals surface area contributed by atoms with E-state index in [-0.39, 0.29) is 0 Å². The molecule has 8 heteroatoms. The van der Waals surface area contributed by atoms with Crippen LogP contribution in [0.1, 0.15) is 36.6 Å². The summed E-state index contributed by atoms with van der Waals surface area (Å²) in [7, 11) is 0. The summed E-state index contributed by atoms with van der Waals surface area (Å²) in [5, 5.41) is 5.74. The molecule has 6 nitrogen and oxygen atoms in total. The fourth-order valence-corrected chi connectivity index (χ4v) is 6.13. The molecule has 3 aromatic rings. The number of hydrogen-bond donors (Lipinski definition) is 1. The molecule has 1 aliphatic heterocycles. The second-order valence-corrected chi connectivity index (χ2v) is 9.79. The number of hydrogen-bond acceptors (Lipinski definition) is 8. The normalized spacial score (nSPS) is 17.1. The van der Waals surface area contributed by atoms with Crippen LogP contribution in [0.2, 0.25) is 0 Å². The zero-order valence-corrected chi connectivity index (χ0v) is 19.4. The third-order valence-corrected chi connectivity index (χ3v) is 7.72. The summed E-state index contributed by atoms with van der Waals surface area (Å²) in [4.78, 5) is 18.5. The lowest BCUT2D eigenvalue weighted by Gasteiger charge is -2.26. The topological polar surface area (TPSA) is 63.2 Å². The lowest BCUT2D eigenvalue weighted by Crippen LogP contribution is -2.39. The van der Waals surface area contributed by atoms with Crippen LogP contribution in [0.15, 0.2) is 5.16 Å². The van der Waals surface area contributed by atoms with Crippen molar-refractivity contribution < 1.29 is 4.74 Å². The van der Waals surface area contributed by atoms with Crippen molar-refractivity contribution >= 4 is 49.3 Å². The van der Waals surface area contributed by atoms with E-state index in [0.29, 0.717) is 0 Å². The lowest BCUT2D eigenvalue weighted by molar-refractivity contribution is 0.0398. The molecule has 1 saturated heterocycles. The van der Waals surface area contributed by atoms with Gasteiger partial charge in [-0.15, -0.1) is 11.3 Å². The number of ether oxygens (including phenoxy) is 1. The average molecular weight is 444 g/mol. The largest absolute Gasteiger partial charge is 0.379 e. The Bertz CT molecular complexity index is 1060. The van der Waals surface area contributed by atoms with E-state index in [1.807, 2.05) is 0 Å². The first kappa shape index (κ1) is 20.4. The Labute approximate surface area is 185 Å². The van der Waals surface area contributed by atoms with Crippen LogP contribution in [0.5, 0.6) is 0 Å². The summed E-state index contributed by atoms with van der Waals surface area (Å²) in [6.45, 7) is 7.81. The van der Waals surface area contributed by atoms with Crippen molar-refractivity contribution in [2.24, 2.45) is 0 Å². The first-order valence-corrected chi connectivity index (χ1v) is 13.1. The smallest absolute Gasteiger partial charge is 0.189 e. The minimum Gasteiger partial charge on any atom is -0.379 e. The van der Waals surface area contributed by atoms with Crippen LogP contribution in [-0.2, 0) is 24.0 Å². The summed E-state index contributed by atoms with van der Waals surface area (Å²) in [6, 6.07) is 0. The molecule has 1 aliphatic carbocycles. The molecule has 0 unspecified atom stereocenters. The predicted molar refractivity (Wildman–Crippen MR) is 126 cm³/mol. The molecular formula is C22H29N5OS2. The molecule has 5 rings (SSSR count). The zero-order valence-electron chi connectivity index (χ0n) is 17.8. The number of anilines is 1. The Balaban J connectivity index is 1.54. The highest BCUT2D eigenvalue weighted by Crippen LogP contribution is 2.42. The van der Waals surface area contributed by atoms with Crippen molar-refractivity contribution in [2.75, 3.05) is 51.0 Å². The molecule has 160 valence electrons. The van der Waals surface area contributed by atoms with Crippen LogP contribution in [0.25, 0.3) is 20.4 Å². The molecule has 0 saturated carbocycles. The number of morpholine rings is 1. The van der Waals surface area contributed by atoms with Crippen molar-refractivity contribution in [3.05, 3.63) is 16.8 Å². The molecule has 0 aromatic carbocycles. The van der Waals surface area contributed by atoms with E-state index in [2.05, 4.69) is 23.4 Å². The van der Waals surface area contributed by atoms with Gasteiger partial charge >= 0.3 is 0 Å². The van der Waals surface area contributed by atoms with E-state index < -0.39 is 0 Å². The van der Waals surface area contributed by atoms with Gasteiger partial charge in [0.15, 0.2) is 5.16 Å². The number of fused-ring (bicyclic) bond motifs is 5. The van der Waals surface area contributed by atoms with Crippen molar-refractivity contribution in [3.63, 3.8) is 0 Å². The highest BCUT2D eigenvalue weighted by molar-refractivity contribution is 7.98. The average Bonchev–Trinajstić information content (AvgIpc) is 3.39. The van der Waals surface area contributed by atoms with Gasteiger partial charge in [-0.2, -0.15) is 0 Å². The molecule has 2 aliphatic rings. The first-order valence-electron chi connectivity index (χ1n) is 11.0. The number of aromatic nitrogens is 3. The minimum absolute atomic E-state index is 0.834. The van der Waals surface area contributed by atoms with Gasteiger partial charge in [-0.1, -0.05) is 25.1 Å². The van der Waals surface area contributed by atoms with Crippen LogP contribution < -0.4 is 5.32 Å². The maximum absolute atomic E-state index is 5.46. The van der Waals surface area contributed by atoms with Gasteiger partial charge in [-0.25, -0.2) is 15.0 Å². The highest BCUT2D eigenvalue weighted by atomic mass is 32.2. The summed E-state index contributed by atoms with van der Waals surface area (Å²) in [5.41, 5.74) is 5.40. The molecular weight excluding hydrogens is 414 g/mol. The molecule has 0 atom stereocenters. The fourth-order valence-electron chi connectivity index (χ4n) is 4.64. The summed E-state index contributed by atoms with van der Waals surface area (Å²) >= 11 is 3.37. The summed E-state index contributed by atoms with van der Waals surface area (Å²) in [5.74, 6) is 0.962. The number of nitrogens with one attached hydrogen (secondary N) is 1. The number of rotatable bonds is 7. The maximum atomic E-state index is 5.46. The Morgan fingerprint density at radius 1 is 1.13 bits per heavy atom. The van der Waals surface area contributed by atoms with Gasteiger partial charge in [0.25, 0.3) is 0 Å². The van der Waals surface area contributed by atoms with Gasteiger partial charge in [0, 0.05) is 37.3 Å². The molecule has 0 bridgehead atoms. The molecule has 1 N–H and O–H groups in total. The Kier molecular flexibility index (Phi) is 6.09. The number of aryl methyl sites for hydroxylation is 2. The zero-order chi connectivity index (χ0) is 20.5. The van der Waals surface area contributed by atoms with Gasteiger partial charge in [-0.05, 0) is 43.1 Å². The Morgan fingerprint density at radius 2 is 1.97 bits per heavy atom. The molecule has 0 amide bonds. The quantitative estimate of drug-likeness (QED) is 0.435. The lowest BCUT2D eigenvalue weighted by atomic mass is 10.0. The predicted octanol–water partition coefficient (Wildman–Crippen LogP) is 4.15. The van der Waals surface area contributed by atoms with Crippen molar-refractivity contribution in [1.29, 1.82) is 0 Å². The molecule has 3 aromatic heterocycles. The number of thiophene rings is 1. The SMILES string of the molecule is CCCc1nc2sc3c(NCCN4CCOCC4)nc(SC)nc3c2c2c1CCC2. The highest BCUT2D eigenvalue weighted by Gasteiger charge is 2.24. The first-order chi connectivity index (χ1) is 14.8. The van der Waals surface area contributed by atoms with Crippen LogP contribution in [0, 0.1) is 0 Å². The van der Waals surface area contributed by atoms with E-state index in [1.54, 1.807) is 23.1 Å². The van der Waals surface area contributed by atoms with Gasteiger partial charge in [0.2, 0.25) is 0 Å². The minimum atomic E-state index is 0.834. The van der Waals surface area contributed by atoms with E-state index in [9.17, 15) is 0 Å². The molecule has 0 spiro atoms.